The molecule has 0 atom stereocenters. The maximum Gasteiger partial charge on any atom is 0.221 e. The maximum atomic E-state index is 10.8. The molecule has 0 unspecified atom stereocenters. The number of carbonyl (C=O) groups excluding carboxylic acids is 2. The van der Waals surface area contributed by atoms with Gasteiger partial charge in [-0.15, -0.1) is 0 Å². The Balaban J connectivity index is 3.02. The van der Waals surface area contributed by atoms with Crippen molar-refractivity contribution in [2.45, 2.75) is 6.92 Å². The molecule has 0 radical (unpaired) electrons. The first kappa shape index (κ1) is 11.0. The Kier molecular flexibility index (Phi) is 3.62. The lowest BCUT2D eigenvalue weighted by Gasteiger charge is -2.08. The lowest BCUT2D eigenvalue weighted by atomic mass is 10.1. The Morgan fingerprint density at radius 1 is 1.27 bits per heavy atom. The number of carboxylic acid groups (broad SMARTS) is 1. The maximum absolute atomic E-state index is 10.8. The first-order valence-corrected chi connectivity index (χ1v) is 4.35. The molecule has 0 bridgehead atoms. The largest absolute Gasteiger partial charge is 0.545 e. The summed E-state index contributed by atoms with van der Waals surface area (Å²) >= 11 is 0. The lowest BCUT2D eigenvalue weighted by molar-refractivity contribution is -0.297. The van der Waals surface area contributed by atoms with Crippen LogP contribution in [0, 0.1) is 0 Å². The molecule has 0 aliphatic rings. The number of carbonyl (C=O) groups is 2. The monoisotopic (exact) mass is 204 g/mol. The third-order valence-corrected chi connectivity index (χ3v) is 1.66. The number of benzene rings is 1. The molecule has 1 amide bonds. The Morgan fingerprint density at radius 2 is 1.87 bits per heavy atom. The van der Waals surface area contributed by atoms with Crippen molar-refractivity contribution in [2.75, 3.05) is 0 Å². The van der Waals surface area contributed by atoms with E-state index < -0.39 is 5.97 Å². The van der Waals surface area contributed by atoms with Crippen molar-refractivity contribution in [3.05, 3.63) is 42.0 Å². The molecule has 4 nitrogen and oxygen atoms in total. The second-order valence-electron chi connectivity index (χ2n) is 2.92. The molecule has 1 aromatic rings. The average Bonchev–Trinajstić information content (AvgIpc) is 2.17. The molecule has 15 heavy (non-hydrogen) atoms. The van der Waals surface area contributed by atoms with Crippen LogP contribution in [0.25, 0.3) is 5.70 Å². The molecular weight excluding hydrogens is 194 g/mol. The van der Waals surface area contributed by atoms with Crippen LogP contribution in [0.5, 0.6) is 0 Å². The molecule has 78 valence electrons. The van der Waals surface area contributed by atoms with Crippen LogP contribution in [0.4, 0.5) is 0 Å². The first-order valence-electron chi connectivity index (χ1n) is 4.35. The van der Waals surface area contributed by atoms with Gasteiger partial charge in [-0.2, -0.15) is 0 Å². The molecule has 0 aromatic heterocycles. The van der Waals surface area contributed by atoms with E-state index >= 15 is 0 Å². The molecule has 0 aliphatic carbocycles. The fourth-order valence-corrected chi connectivity index (χ4v) is 1.12. The van der Waals surface area contributed by atoms with Crippen molar-refractivity contribution in [1.82, 2.24) is 5.32 Å². The van der Waals surface area contributed by atoms with E-state index in [0.717, 1.165) is 6.08 Å². The number of hydrogen-bond acceptors (Lipinski definition) is 3. The minimum absolute atomic E-state index is 0.225. The van der Waals surface area contributed by atoms with Gasteiger partial charge in [-0.25, -0.2) is 0 Å². The van der Waals surface area contributed by atoms with E-state index in [0.29, 0.717) is 5.56 Å². The summed E-state index contributed by atoms with van der Waals surface area (Å²) < 4.78 is 0. The molecule has 1 aromatic carbocycles. The molecule has 0 heterocycles. The second kappa shape index (κ2) is 4.95. The van der Waals surface area contributed by atoms with Crippen molar-refractivity contribution in [3.63, 3.8) is 0 Å². The summed E-state index contributed by atoms with van der Waals surface area (Å²) in [5, 5.41) is 12.9. The molecule has 4 heteroatoms. The van der Waals surface area contributed by atoms with Gasteiger partial charge in [0.1, 0.15) is 0 Å². The summed E-state index contributed by atoms with van der Waals surface area (Å²) in [4.78, 5) is 21.3. The van der Waals surface area contributed by atoms with Crippen molar-refractivity contribution >= 4 is 17.6 Å². The first-order chi connectivity index (χ1) is 7.09. The lowest BCUT2D eigenvalue weighted by Crippen LogP contribution is -2.24. The Bertz CT molecular complexity index is 396. The molecule has 1 N–H and O–H groups in total. The summed E-state index contributed by atoms with van der Waals surface area (Å²) in [6, 6.07) is 8.70. The Hall–Kier alpha value is -2.10. The zero-order valence-corrected chi connectivity index (χ0v) is 8.19. The fourth-order valence-electron chi connectivity index (χ4n) is 1.12. The standard InChI is InChI=1S/C11H11NO3/c1-8(13)12-10(7-11(14)15)9-5-3-2-4-6-9/h2-7H,1H3,(H,12,13)(H,14,15)/p-1/b10-7-. The molecule has 1 rings (SSSR count). The zero-order valence-electron chi connectivity index (χ0n) is 8.19. The van der Waals surface area contributed by atoms with E-state index in [2.05, 4.69) is 5.32 Å². The second-order valence-corrected chi connectivity index (χ2v) is 2.92. The van der Waals surface area contributed by atoms with Gasteiger partial charge in [0.25, 0.3) is 0 Å². The van der Waals surface area contributed by atoms with E-state index in [-0.39, 0.29) is 11.6 Å². The van der Waals surface area contributed by atoms with E-state index in [1.165, 1.54) is 6.92 Å². The summed E-state index contributed by atoms with van der Waals surface area (Å²) in [7, 11) is 0. The van der Waals surface area contributed by atoms with Gasteiger partial charge in [-0.05, 0) is 11.6 Å². The minimum Gasteiger partial charge on any atom is -0.545 e. The molecule has 0 fully saturated rings. The van der Waals surface area contributed by atoms with Crippen LogP contribution >= 0.6 is 0 Å². The Morgan fingerprint density at radius 3 is 2.33 bits per heavy atom. The third-order valence-electron chi connectivity index (χ3n) is 1.66. The zero-order chi connectivity index (χ0) is 11.3. The SMILES string of the molecule is CC(=O)N/C(=C\C(=O)[O-])c1ccccc1. The number of hydrogen-bond donors (Lipinski definition) is 1. The normalized spacial score (nSPS) is 10.9. The van der Waals surface area contributed by atoms with Gasteiger partial charge in [-0.3, -0.25) is 4.79 Å². The van der Waals surface area contributed by atoms with Crippen molar-refractivity contribution in [1.29, 1.82) is 0 Å². The van der Waals surface area contributed by atoms with Crippen molar-refractivity contribution in [2.24, 2.45) is 0 Å². The smallest absolute Gasteiger partial charge is 0.221 e. The van der Waals surface area contributed by atoms with Gasteiger partial charge in [-0.1, -0.05) is 30.3 Å². The quantitative estimate of drug-likeness (QED) is 0.700. The number of amides is 1. The van der Waals surface area contributed by atoms with E-state index in [1.807, 2.05) is 0 Å². The predicted molar refractivity (Wildman–Crippen MR) is 53.2 cm³/mol. The fraction of sp³-hybridized carbons (Fsp3) is 0.0909. The van der Waals surface area contributed by atoms with Crippen LogP contribution < -0.4 is 10.4 Å². The van der Waals surface area contributed by atoms with Gasteiger partial charge in [0.15, 0.2) is 0 Å². The van der Waals surface area contributed by atoms with Crippen LogP contribution in [0.1, 0.15) is 12.5 Å². The van der Waals surface area contributed by atoms with Gasteiger partial charge < -0.3 is 15.2 Å². The van der Waals surface area contributed by atoms with E-state index in [1.54, 1.807) is 30.3 Å². The van der Waals surface area contributed by atoms with Crippen LogP contribution in [-0.4, -0.2) is 11.9 Å². The third kappa shape index (κ3) is 3.64. The highest BCUT2D eigenvalue weighted by atomic mass is 16.4. The molecule has 0 saturated heterocycles. The molecule has 0 aliphatic heterocycles. The van der Waals surface area contributed by atoms with E-state index in [4.69, 9.17) is 0 Å². The molecule has 0 spiro atoms. The summed E-state index contributed by atoms with van der Waals surface area (Å²) in [5.41, 5.74) is 0.847. The predicted octanol–water partition coefficient (Wildman–Crippen LogP) is -0.0865. The molecular formula is C11H10NO3-. The number of carboxylic acids is 1. The van der Waals surface area contributed by atoms with Gasteiger partial charge in [0, 0.05) is 12.6 Å². The summed E-state index contributed by atoms with van der Waals surface area (Å²) in [5.74, 6) is -1.67. The summed E-state index contributed by atoms with van der Waals surface area (Å²) in [6.07, 6.45) is 0.858. The van der Waals surface area contributed by atoms with Crippen LogP contribution in [-0.2, 0) is 9.59 Å². The van der Waals surface area contributed by atoms with Crippen molar-refractivity contribution in [3.8, 4) is 0 Å². The Labute approximate surface area is 87.2 Å². The number of rotatable bonds is 3. The van der Waals surface area contributed by atoms with Gasteiger partial charge >= 0.3 is 0 Å². The van der Waals surface area contributed by atoms with Crippen LogP contribution in [0.2, 0.25) is 0 Å². The number of nitrogens with one attached hydrogen (secondary N) is 1. The van der Waals surface area contributed by atoms with Gasteiger partial charge in [0.2, 0.25) is 5.91 Å². The highest BCUT2D eigenvalue weighted by Gasteiger charge is 2.02. The van der Waals surface area contributed by atoms with Crippen LogP contribution in [0.15, 0.2) is 36.4 Å². The highest BCUT2D eigenvalue weighted by Crippen LogP contribution is 2.09. The van der Waals surface area contributed by atoms with Crippen LogP contribution in [0.3, 0.4) is 0 Å². The molecule has 0 saturated carbocycles. The minimum atomic E-state index is -1.34. The van der Waals surface area contributed by atoms with Gasteiger partial charge in [0.05, 0.1) is 5.97 Å². The van der Waals surface area contributed by atoms with Crippen molar-refractivity contribution < 1.29 is 14.7 Å². The average molecular weight is 204 g/mol. The summed E-state index contributed by atoms with van der Waals surface area (Å²) in [6.45, 7) is 1.31. The number of aliphatic carboxylic acids is 1. The van der Waals surface area contributed by atoms with E-state index in [9.17, 15) is 14.7 Å². The topological polar surface area (TPSA) is 69.2 Å². The highest BCUT2D eigenvalue weighted by molar-refractivity contribution is 5.93.